The van der Waals surface area contributed by atoms with Gasteiger partial charge < -0.3 is 9.84 Å². The van der Waals surface area contributed by atoms with Gasteiger partial charge in [-0.15, -0.1) is 0 Å². The van der Waals surface area contributed by atoms with Crippen LogP contribution >= 0.6 is 0 Å². The van der Waals surface area contributed by atoms with Crippen molar-refractivity contribution < 1.29 is 14.6 Å². The topological polar surface area (TPSA) is 49.8 Å². The van der Waals surface area contributed by atoms with Crippen LogP contribution in [-0.4, -0.2) is 24.4 Å². The number of hydrogen-bond donors (Lipinski definition) is 1. The van der Waals surface area contributed by atoms with Gasteiger partial charge in [-0.1, -0.05) is 6.07 Å². The lowest BCUT2D eigenvalue weighted by atomic mass is 9.96. The molecule has 0 spiro atoms. The summed E-state index contributed by atoms with van der Waals surface area (Å²) in [5.41, 5.74) is 1.58. The van der Waals surface area contributed by atoms with Crippen LogP contribution in [0.15, 0.2) is 18.2 Å². The average molecular weight is 221 g/mol. The number of phenols is 1. The van der Waals surface area contributed by atoms with E-state index in [4.69, 9.17) is 4.74 Å². The van der Waals surface area contributed by atoms with Crippen molar-refractivity contribution in [3.8, 4) is 5.75 Å². The van der Waals surface area contributed by atoms with E-state index in [1.807, 2.05) is 13.0 Å². The Bertz CT molecular complexity index is 417. The molecule has 1 unspecified atom stereocenters. The van der Waals surface area contributed by atoms with Crippen molar-refractivity contribution in [1.29, 1.82) is 0 Å². The number of rotatable bonds is 0. The molecule has 1 aliphatic rings. The zero-order chi connectivity index (χ0) is 11.7. The summed E-state index contributed by atoms with van der Waals surface area (Å²) in [7, 11) is 1.37. The summed E-state index contributed by atoms with van der Waals surface area (Å²) in [5.74, 6) is 0.248. The van der Waals surface area contributed by atoms with E-state index >= 15 is 0 Å². The van der Waals surface area contributed by atoms with Crippen molar-refractivity contribution >= 4 is 11.8 Å². The molecule has 0 bridgehead atoms. The van der Waals surface area contributed by atoms with Crippen LogP contribution in [0, 0.1) is 0 Å². The van der Waals surface area contributed by atoms with E-state index in [9.17, 15) is 9.90 Å². The summed E-state index contributed by atoms with van der Waals surface area (Å²) in [6, 6.07) is 5.32. The van der Waals surface area contributed by atoms with Crippen molar-refractivity contribution in [1.82, 2.24) is 0 Å². The third kappa shape index (κ3) is 1.60. The number of benzene rings is 1. The van der Waals surface area contributed by atoms with Gasteiger partial charge in [0, 0.05) is 11.6 Å². The van der Waals surface area contributed by atoms with Crippen molar-refractivity contribution in [3.05, 3.63) is 23.8 Å². The number of amides is 1. The number of hydrogen-bond acceptors (Lipinski definition) is 3. The summed E-state index contributed by atoms with van der Waals surface area (Å²) in [6.45, 7) is 1.98. The zero-order valence-corrected chi connectivity index (χ0v) is 9.43. The van der Waals surface area contributed by atoms with Crippen LogP contribution in [0.25, 0.3) is 0 Å². The van der Waals surface area contributed by atoms with E-state index < -0.39 is 0 Å². The standard InChI is InChI=1S/C12H15NO3/c1-8-6-7-9-10(4-3-5-11(9)14)13(8)12(15)16-2/h3-5,8,14H,6-7H2,1-2H3. The molecule has 2 rings (SSSR count). The Labute approximate surface area is 94.4 Å². The van der Waals surface area contributed by atoms with Crippen molar-refractivity contribution in [2.24, 2.45) is 0 Å². The fraction of sp³-hybridized carbons (Fsp3) is 0.417. The molecule has 86 valence electrons. The highest BCUT2D eigenvalue weighted by Crippen LogP contribution is 2.36. The minimum absolute atomic E-state index is 0.0988. The van der Waals surface area contributed by atoms with Crippen LogP contribution in [0.5, 0.6) is 5.75 Å². The maximum Gasteiger partial charge on any atom is 0.414 e. The van der Waals surface area contributed by atoms with Gasteiger partial charge in [-0.25, -0.2) is 4.79 Å². The number of ether oxygens (including phenoxy) is 1. The van der Waals surface area contributed by atoms with Crippen LogP contribution < -0.4 is 4.90 Å². The molecule has 1 N–H and O–H groups in total. The third-order valence-corrected chi connectivity index (χ3v) is 3.01. The molecule has 0 aromatic heterocycles. The Morgan fingerprint density at radius 1 is 1.56 bits per heavy atom. The predicted molar refractivity (Wildman–Crippen MR) is 60.8 cm³/mol. The summed E-state index contributed by atoms with van der Waals surface area (Å²) in [5, 5.41) is 9.74. The minimum Gasteiger partial charge on any atom is -0.508 e. The summed E-state index contributed by atoms with van der Waals surface area (Å²) >= 11 is 0. The van der Waals surface area contributed by atoms with Gasteiger partial charge in [0.05, 0.1) is 12.8 Å². The first kappa shape index (κ1) is 10.8. The highest BCUT2D eigenvalue weighted by atomic mass is 16.5. The van der Waals surface area contributed by atoms with E-state index in [0.29, 0.717) is 0 Å². The van der Waals surface area contributed by atoms with Gasteiger partial charge in [-0.2, -0.15) is 0 Å². The summed E-state index contributed by atoms with van der Waals surface area (Å²) in [6.07, 6.45) is 1.25. The van der Waals surface area contributed by atoms with Crippen molar-refractivity contribution in [2.45, 2.75) is 25.8 Å². The highest BCUT2D eigenvalue weighted by Gasteiger charge is 2.30. The van der Waals surface area contributed by atoms with Gasteiger partial charge in [0.1, 0.15) is 5.75 Å². The Hall–Kier alpha value is -1.71. The van der Waals surface area contributed by atoms with Crippen LogP contribution in [0.4, 0.5) is 10.5 Å². The van der Waals surface area contributed by atoms with Crippen molar-refractivity contribution in [3.63, 3.8) is 0 Å². The number of phenolic OH excluding ortho intramolecular Hbond substituents is 1. The largest absolute Gasteiger partial charge is 0.508 e. The SMILES string of the molecule is COC(=O)N1c2cccc(O)c2CCC1C. The highest BCUT2D eigenvalue weighted by molar-refractivity contribution is 5.90. The van der Waals surface area contributed by atoms with Gasteiger partial charge in [0.25, 0.3) is 0 Å². The van der Waals surface area contributed by atoms with Gasteiger partial charge in [-0.05, 0) is 31.9 Å². The molecule has 1 aromatic rings. The molecule has 0 fully saturated rings. The molecular weight excluding hydrogens is 206 g/mol. The molecule has 1 amide bonds. The fourth-order valence-electron chi connectivity index (χ4n) is 2.14. The molecule has 0 aliphatic carbocycles. The first-order chi connectivity index (χ1) is 7.65. The zero-order valence-electron chi connectivity index (χ0n) is 9.43. The number of carbonyl (C=O) groups is 1. The number of methoxy groups -OCH3 is 1. The molecule has 4 heteroatoms. The summed E-state index contributed by atoms with van der Waals surface area (Å²) < 4.78 is 4.76. The maximum atomic E-state index is 11.7. The number of carbonyl (C=O) groups excluding carboxylic acids is 1. The van der Waals surface area contributed by atoms with Crippen LogP contribution in [0.1, 0.15) is 18.9 Å². The van der Waals surface area contributed by atoms with E-state index in [0.717, 1.165) is 24.1 Å². The third-order valence-electron chi connectivity index (χ3n) is 3.01. The van der Waals surface area contributed by atoms with Crippen LogP contribution in [-0.2, 0) is 11.2 Å². The molecule has 1 aliphatic heterocycles. The van der Waals surface area contributed by atoms with Gasteiger partial charge in [0.15, 0.2) is 0 Å². The first-order valence-corrected chi connectivity index (χ1v) is 5.33. The Balaban J connectivity index is 2.48. The fourth-order valence-corrected chi connectivity index (χ4v) is 2.14. The normalized spacial score (nSPS) is 19.1. The molecule has 0 radical (unpaired) electrons. The average Bonchev–Trinajstić information content (AvgIpc) is 2.28. The van der Waals surface area contributed by atoms with E-state index in [1.54, 1.807) is 17.0 Å². The lowest BCUT2D eigenvalue weighted by Crippen LogP contribution is -2.42. The van der Waals surface area contributed by atoms with E-state index in [2.05, 4.69) is 0 Å². The van der Waals surface area contributed by atoms with Crippen LogP contribution in [0.2, 0.25) is 0 Å². The molecular formula is C12H15NO3. The molecule has 0 saturated heterocycles. The van der Waals surface area contributed by atoms with Gasteiger partial charge >= 0.3 is 6.09 Å². The molecule has 1 heterocycles. The van der Waals surface area contributed by atoms with E-state index in [-0.39, 0.29) is 17.9 Å². The smallest absolute Gasteiger partial charge is 0.414 e. The first-order valence-electron chi connectivity index (χ1n) is 5.33. The molecule has 1 aromatic carbocycles. The Kier molecular flexibility index (Phi) is 2.73. The quantitative estimate of drug-likeness (QED) is 0.731. The Morgan fingerprint density at radius 2 is 2.31 bits per heavy atom. The van der Waals surface area contributed by atoms with E-state index in [1.165, 1.54) is 7.11 Å². The lowest BCUT2D eigenvalue weighted by Gasteiger charge is -2.34. The maximum absolute atomic E-state index is 11.7. The second-order valence-corrected chi connectivity index (χ2v) is 4.00. The molecule has 16 heavy (non-hydrogen) atoms. The molecule has 0 saturated carbocycles. The second-order valence-electron chi connectivity index (χ2n) is 4.00. The summed E-state index contributed by atoms with van der Waals surface area (Å²) in [4.78, 5) is 13.3. The molecule has 1 atom stereocenters. The number of nitrogens with zero attached hydrogens (tertiary/aromatic N) is 1. The second kappa shape index (κ2) is 4.04. The number of fused-ring (bicyclic) bond motifs is 1. The number of aromatic hydroxyl groups is 1. The van der Waals surface area contributed by atoms with Crippen molar-refractivity contribution in [2.75, 3.05) is 12.0 Å². The van der Waals surface area contributed by atoms with Crippen LogP contribution in [0.3, 0.4) is 0 Å². The Morgan fingerprint density at radius 3 is 3.00 bits per heavy atom. The van der Waals surface area contributed by atoms with Gasteiger partial charge in [-0.3, -0.25) is 4.90 Å². The predicted octanol–water partition coefficient (Wildman–Crippen LogP) is 2.30. The minimum atomic E-state index is -0.376. The number of anilines is 1. The monoisotopic (exact) mass is 221 g/mol. The van der Waals surface area contributed by atoms with Gasteiger partial charge in [0.2, 0.25) is 0 Å². The lowest BCUT2D eigenvalue weighted by molar-refractivity contribution is 0.175. The molecule has 4 nitrogen and oxygen atoms in total.